The Bertz CT molecular complexity index is 1160. The van der Waals surface area contributed by atoms with Crippen molar-refractivity contribution in [3.8, 4) is 10.4 Å². The number of nitrogens with zero attached hydrogens (tertiary/aromatic N) is 3. The maximum atomic E-state index is 12.1. The van der Waals surface area contributed by atoms with Crippen LogP contribution in [-0.2, 0) is 7.05 Å². The van der Waals surface area contributed by atoms with Crippen LogP contribution in [0.2, 0.25) is 0 Å². The minimum absolute atomic E-state index is 0.182. The number of hydrogen-bond donors (Lipinski definition) is 1. The molecule has 0 bridgehead atoms. The molecule has 1 aromatic carbocycles. The Kier molecular flexibility index (Phi) is 4.10. The average molecular weight is 413 g/mol. The van der Waals surface area contributed by atoms with Gasteiger partial charge in [-0.3, -0.25) is 9.48 Å². The first-order valence-corrected chi connectivity index (χ1v) is 9.17. The van der Waals surface area contributed by atoms with Crippen LogP contribution >= 0.6 is 27.3 Å². The number of hydrogen-bond acceptors (Lipinski definition) is 4. The lowest BCUT2D eigenvalue weighted by molar-refractivity contribution is 0.784. The predicted octanol–water partition coefficient (Wildman–Crippen LogP) is 4.32. The van der Waals surface area contributed by atoms with Gasteiger partial charge >= 0.3 is 0 Å². The molecule has 0 aliphatic carbocycles. The minimum atomic E-state index is -0.182. The Balaban J connectivity index is 1.64. The molecule has 0 amide bonds. The highest BCUT2D eigenvalue weighted by molar-refractivity contribution is 9.10. The third-order valence-corrected chi connectivity index (χ3v) is 5.35. The summed E-state index contributed by atoms with van der Waals surface area (Å²) >= 11 is 5.18. The van der Waals surface area contributed by atoms with Gasteiger partial charge in [-0.1, -0.05) is 28.1 Å². The minimum Gasteiger partial charge on any atom is -0.306 e. The highest BCUT2D eigenvalue weighted by Gasteiger charge is 2.06. The van der Waals surface area contributed by atoms with Crippen LogP contribution in [0.3, 0.4) is 0 Å². The number of aromatic nitrogens is 4. The van der Waals surface area contributed by atoms with E-state index in [2.05, 4.69) is 55.3 Å². The number of thiophene rings is 1. The van der Waals surface area contributed by atoms with Crippen molar-refractivity contribution in [1.82, 2.24) is 19.7 Å². The van der Waals surface area contributed by atoms with E-state index in [-0.39, 0.29) is 5.56 Å². The lowest BCUT2D eigenvalue weighted by Gasteiger charge is -1.97. The van der Waals surface area contributed by atoms with E-state index in [0.29, 0.717) is 16.9 Å². The van der Waals surface area contributed by atoms with E-state index in [4.69, 9.17) is 0 Å². The molecule has 4 aromatic rings. The van der Waals surface area contributed by atoms with Crippen molar-refractivity contribution in [1.29, 1.82) is 0 Å². The summed E-state index contributed by atoms with van der Waals surface area (Å²) in [5.41, 5.74) is 1.56. The molecular formula is C18H13BrN4OS. The third kappa shape index (κ3) is 3.20. The molecular weight excluding hydrogens is 400 g/mol. The second kappa shape index (κ2) is 6.42. The quantitative estimate of drug-likeness (QED) is 0.544. The summed E-state index contributed by atoms with van der Waals surface area (Å²) in [7, 11) is 1.77. The van der Waals surface area contributed by atoms with E-state index in [1.165, 1.54) is 16.6 Å². The molecule has 0 aliphatic heterocycles. The Morgan fingerprint density at radius 1 is 1.24 bits per heavy atom. The fourth-order valence-corrected chi connectivity index (χ4v) is 3.84. The number of benzene rings is 1. The van der Waals surface area contributed by atoms with Gasteiger partial charge < -0.3 is 4.98 Å². The average Bonchev–Trinajstić information content (AvgIpc) is 3.21. The molecule has 0 saturated heterocycles. The van der Waals surface area contributed by atoms with Gasteiger partial charge in [-0.05, 0) is 42.0 Å². The smallest absolute Gasteiger partial charge is 0.262 e. The fraction of sp³-hybridized carbons (Fsp3) is 0.0556. The van der Waals surface area contributed by atoms with Crippen molar-refractivity contribution in [2.75, 3.05) is 0 Å². The van der Waals surface area contributed by atoms with Crippen molar-refractivity contribution < 1.29 is 0 Å². The van der Waals surface area contributed by atoms with E-state index in [1.54, 1.807) is 23.1 Å². The van der Waals surface area contributed by atoms with Gasteiger partial charge in [0.2, 0.25) is 0 Å². The number of halogens is 1. The zero-order chi connectivity index (χ0) is 17.4. The van der Waals surface area contributed by atoms with Crippen LogP contribution in [0.4, 0.5) is 0 Å². The molecule has 0 unspecified atom stereocenters. The summed E-state index contributed by atoms with van der Waals surface area (Å²) in [5, 5.41) is 4.56. The molecule has 0 radical (unpaired) electrons. The largest absolute Gasteiger partial charge is 0.306 e. The van der Waals surface area contributed by atoms with Gasteiger partial charge in [0.25, 0.3) is 5.56 Å². The first-order chi connectivity index (χ1) is 12.1. The Morgan fingerprint density at radius 3 is 2.96 bits per heavy atom. The molecule has 4 rings (SSSR count). The molecule has 0 saturated carbocycles. The van der Waals surface area contributed by atoms with Gasteiger partial charge in [0.05, 0.1) is 6.20 Å². The summed E-state index contributed by atoms with van der Waals surface area (Å²) in [6.45, 7) is 0. The standard InChI is InChI=1S/C18H13BrN4OS/c1-23-17-14(10-20-23)18(24)22-16(21-17)8-6-13-5-7-15(25-13)11-3-2-4-12(19)9-11/h2-10H,1H3,(H,21,22,24)/b8-6+. The van der Waals surface area contributed by atoms with Crippen LogP contribution < -0.4 is 5.56 Å². The Labute approximate surface area is 155 Å². The zero-order valence-corrected chi connectivity index (χ0v) is 15.6. The van der Waals surface area contributed by atoms with E-state index >= 15 is 0 Å². The molecule has 25 heavy (non-hydrogen) atoms. The number of aryl methyl sites for hydroxylation is 1. The van der Waals surface area contributed by atoms with Crippen molar-refractivity contribution in [3.05, 3.63) is 68.1 Å². The van der Waals surface area contributed by atoms with Crippen LogP contribution in [0, 0.1) is 0 Å². The summed E-state index contributed by atoms with van der Waals surface area (Å²) in [6.07, 6.45) is 5.29. The topological polar surface area (TPSA) is 63.6 Å². The number of aromatic amines is 1. The fourth-order valence-electron chi connectivity index (χ4n) is 2.53. The van der Waals surface area contributed by atoms with Crippen molar-refractivity contribution in [2.24, 2.45) is 7.05 Å². The summed E-state index contributed by atoms with van der Waals surface area (Å²) in [4.78, 5) is 21.5. The zero-order valence-electron chi connectivity index (χ0n) is 13.2. The molecule has 1 N–H and O–H groups in total. The summed E-state index contributed by atoms with van der Waals surface area (Å²) in [5.74, 6) is 0.513. The molecule has 0 aliphatic rings. The molecule has 5 nitrogen and oxygen atoms in total. The lowest BCUT2D eigenvalue weighted by atomic mass is 10.2. The molecule has 3 heterocycles. The van der Waals surface area contributed by atoms with Gasteiger partial charge in [-0.2, -0.15) is 5.10 Å². The van der Waals surface area contributed by atoms with Crippen molar-refractivity contribution in [2.45, 2.75) is 0 Å². The highest BCUT2D eigenvalue weighted by Crippen LogP contribution is 2.30. The molecule has 0 fully saturated rings. The number of nitrogens with one attached hydrogen (secondary N) is 1. The van der Waals surface area contributed by atoms with Crippen LogP contribution in [0.1, 0.15) is 10.7 Å². The number of H-pyrrole nitrogens is 1. The second-order valence-electron chi connectivity index (χ2n) is 5.50. The maximum Gasteiger partial charge on any atom is 0.262 e. The third-order valence-electron chi connectivity index (χ3n) is 3.76. The van der Waals surface area contributed by atoms with Gasteiger partial charge in [-0.15, -0.1) is 11.3 Å². The molecule has 7 heteroatoms. The summed E-state index contributed by atoms with van der Waals surface area (Å²) < 4.78 is 2.65. The SMILES string of the molecule is Cn1ncc2c(=O)[nH]c(/C=C/c3ccc(-c4cccc(Br)c4)s3)nc21. The van der Waals surface area contributed by atoms with E-state index < -0.39 is 0 Å². The van der Waals surface area contributed by atoms with Crippen molar-refractivity contribution in [3.63, 3.8) is 0 Å². The molecule has 3 aromatic heterocycles. The Hall–Kier alpha value is -2.51. The number of rotatable bonds is 3. The Morgan fingerprint density at radius 2 is 2.12 bits per heavy atom. The van der Waals surface area contributed by atoms with Crippen LogP contribution in [0.15, 0.2) is 51.9 Å². The monoisotopic (exact) mass is 412 g/mol. The van der Waals surface area contributed by atoms with Gasteiger partial charge in [0.1, 0.15) is 11.2 Å². The summed E-state index contributed by atoms with van der Waals surface area (Å²) in [6, 6.07) is 12.3. The molecule has 0 atom stereocenters. The van der Waals surface area contributed by atoms with Gasteiger partial charge in [0.15, 0.2) is 5.65 Å². The van der Waals surface area contributed by atoms with Crippen LogP contribution in [-0.4, -0.2) is 19.7 Å². The van der Waals surface area contributed by atoms with E-state index in [0.717, 1.165) is 9.35 Å². The molecule has 124 valence electrons. The van der Waals surface area contributed by atoms with Gasteiger partial charge in [0, 0.05) is 21.3 Å². The predicted molar refractivity (Wildman–Crippen MR) is 106 cm³/mol. The first-order valence-electron chi connectivity index (χ1n) is 7.56. The number of fused-ring (bicyclic) bond motifs is 1. The second-order valence-corrected chi connectivity index (χ2v) is 7.53. The molecule has 0 spiro atoms. The normalized spacial score (nSPS) is 11.6. The van der Waals surface area contributed by atoms with E-state index in [1.807, 2.05) is 24.3 Å². The van der Waals surface area contributed by atoms with Crippen molar-refractivity contribution >= 4 is 50.5 Å². The van der Waals surface area contributed by atoms with Crippen LogP contribution in [0.5, 0.6) is 0 Å². The van der Waals surface area contributed by atoms with Crippen LogP contribution in [0.25, 0.3) is 33.6 Å². The van der Waals surface area contributed by atoms with E-state index in [9.17, 15) is 4.79 Å². The first kappa shape index (κ1) is 16.0. The van der Waals surface area contributed by atoms with Gasteiger partial charge in [-0.25, -0.2) is 4.98 Å². The lowest BCUT2D eigenvalue weighted by Crippen LogP contribution is -2.09. The maximum absolute atomic E-state index is 12.1. The highest BCUT2D eigenvalue weighted by atomic mass is 79.9.